The van der Waals surface area contributed by atoms with Crippen LogP contribution in [0.5, 0.6) is 0 Å². The molecule has 1 aliphatic rings. The summed E-state index contributed by atoms with van der Waals surface area (Å²) in [6, 6.07) is 0. The van der Waals surface area contributed by atoms with Gasteiger partial charge in [0.15, 0.2) is 0 Å². The smallest absolute Gasteiger partial charge is 0.303 e. The first-order valence-corrected chi connectivity index (χ1v) is 8.01. The van der Waals surface area contributed by atoms with E-state index in [1.165, 1.54) is 32.1 Å². The first-order valence-electron chi connectivity index (χ1n) is 8.01. The molecule has 1 N–H and O–H groups in total. The van der Waals surface area contributed by atoms with E-state index < -0.39 is 5.97 Å². The van der Waals surface area contributed by atoms with Crippen molar-refractivity contribution in [2.45, 2.75) is 64.7 Å². The van der Waals surface area contributed by atoms with E-state index in [1.807, 2.05) is 0 Å². The van der Waals surface area contributed by atoms with Crippen molar-refractivity contribution in [2.24, 2.45) is 11.8 Å². The summed E-state index contributed by atoms with van der Waals surface area (Å²) in [5.41, 5.74) is 0. The van der Waals surface area contributed by atoms with Crippen molar-refractivity contribution in [1.82, 2.24) is 4.90 Å². The fourth-order valence-electron chi connectivity index (χ4n) is 3.16. The van der Waals surface area contributed by atoms with Crippen LogP contribution in [-0.4, -0.2) is 35.5 Å². The molecule has 1 aliphatic carbocycles. The SMILES string of the molecule is CCC(CC1CCCCC1)C(=O)N(C)CCCC(=O)O. The minimum absolute atomic E-state index is 0.118. The zero-order chi connectivity index (χ0) is 15.0. The van der Waals surface area contributed by atoms with Crippen molar-refractivity contribution in [3.63, 3.8) is 0 Å². The maximum Gasteiger partial charge on any atom is 0.303 e. The van der Waals surface area contributed by atoms with E-state index in [-0.39, 0.29) is 18.2 Å². The number of aliphatic carboxylic acids is 1. The molecule has 1 atom stereocenters. The van der Waals surface area contributed by atoms with Gasteiger partial charge in [0.1, 0.15) is 0 Å². The van der Waals surface area contributed by atoms with Gasteiger partial charge in [0.2, 0.25) is 5.91 Å². The summed E-state index contributed by atoms with van der Waals surface area (Å²) < 4.78 is 0. The molecule has 0 saturated heterocycles. The Hall–Kier alpha value is -1.06. The standard InChI is InChI=1S/C16H29NO3/c1-3-14(12-13-8-5-4-6-9-13)16(20)17(2)11-7-10-15(18)19/h13-14H,3-12H2,1-2H3,(H,18,19). The first-order chi connectivity index (χ1) is 9.54. The molecule has 4 nitrogen and oxygen atoms in total. The number of nitrogens with zero attached hydrogens (tertiary/aromatic N) is 1. The van der Waals surface area contributed by atoms with Crippen LogP contribution in [0.2, 0.25) is 0 Å². The quantitative estimate of drug-likeness (QED) is 0.743. The number of hydrogen-bond donors (Lipinski definition) is 1. The molecular formula is C16H29NO3. The first kappa shape index (κ1) is 17.0. The van der Waals surface area contributed by atoms with Crippen molar-refractivity contribution in [3.05, 3.63) is 0 Å². The predicted molar refractivity (Wildman–Crippen MR) is 79.5 cm³/mol. The van der Waals surface area contributed by atoms with E-state index in [0.29, 0.717) is 18.9 Å². The van der Waals surface area contributed by atoms with Gasteiger partial charge in [-0.05, 0) is 25.2 Å². The second-order valence-electron chi connectivity index (χ2n) is 6.10. The van der Waals surface area contributed by atoms with Crippen molar-refractivity contribution >= 4 is 11.9 Å². The van der Waals surface area contributed by atoms with Gasteiger partial charge in [-0.15, -0.1) is 0 Å². The number of rotatable bonds is 8. The third-order valence-electron chi connectivity index (χ3n) is 4.45. The number of amides is 1. The summed E-state index contributed by atoms with van der Waals surface area (Å²) >= 11 is 0. The largest absolute Gasteiger partial charge is 0.481 e. The van der Waals surface area contributed by atoms with Gasteiger partial charge in [0, 0.05) is 25.9 Å². The Morgan fingerprint density at radius 1 is 1.25 bits per heavy atom. The lowest BCUT2D eigenvalue weighted by molar-refractivity contribution is -0.139. The molecule has 0 aromatic carbocycles. The van der Waals surface area contributed by atoms with Gasteiger partial charge in [0.05, 0.1) is 0 Å². The van der Waals surface area contributed by atoms with Crippen LogP contribution in [0.4, 0.5) is 0 Å². The normalized spacial score (nSPS) is 17.7. The lowest BCUT2D eigenvalue weighted by Gasteiger charge is -2.28. The third kappa shape index (κ3) is 5.93. The van der Waals surface area contributed by atoms with E-state index in [2.05, 4.69) is 6.92 Å². The molecule has 1 rings (SSSR count). The van der Waals surface area contributed by atoms with E-state index in [4.69, 9.17) is 5.11 Å². The van der Waals surface area contributed by atoms with Crippen LogP contribution in [0.25, 0.3) is 0 Å². The molecule has 0 aromatic rings. The number of carbonyl (C=O) groups is 2. The second-order valence-corrected chi connectivity index (χ2v) is 6.10. The maximum atomic E-state index is 12.4. The Bertz CT molecular complexity index is 311. The monoisotopic (exact) mass is 283 g/mol. The topological polar surface area (TPSA) is 57.6 Å². The van der Waals surface area contributed by atoms with Crippen molar-refractivity contribution in [2.75, 3.05) is 13.6 Å². The van der Waals surface area contributed by atoms with Crippen LogP contribution in [-0.2, 0) is 9.59 Å². The van der Waals surface area contributed by atoms with E-state index in [1.54, 1.807) is 11.9 Å². The summed E-state index contributed by atoms with van der Waals surface area (Å²) in [7, 11) is 1.80. The minimum atomic E-state index is -0.792. The van der Waals surface area contributed by atoms with Gasteiger partial charge < -0.3 is 10.0 Å². The average Bonchev–Trinajstić information content (AvgIpc) is 2.44. The van der Waals surface area contributed by atoms with Crippen LogP contribution in [0.15, 0.2) is 0 Å². The summed E-state index contributed by atoms with van der Waals surface area (Å²) in [5.74, 6) is 0.238. The Balaban J connectivity index is 2.37. The summed E-state index contributed by atoms with van der Waals surface area (Å²) in [6.07, 6.45) is 9.08. The fraction of sp³-hybridized carbons (Fsp3) is 0.875. The molecule has 1 unspecified atom stereocenters. The Morgan fingerprint density at radius 2 is 1.90 bits per heavy atom. The molecular weight excluding hydrogens is 254 g/mol. The highest BCUT2D eigenvalue weighted by atomic mass is 16.4. The molecule has 0 aromatic heterocycles. The number of hydrogen-bond acceptors (Lipinski definition) is 2. The molecule has 1 fully saturated rings. The van der Waals surface area contributed by atoms with E-state index >= 15 is 0 Å². The Kier molecular flexibility index (Phi) is 7.63. The van der Waals surface area contributed by atoms with Gasteiger partial charge in [-0.25, -0.2) is 0 Å². The fourth-order valence-corrected chi connectivity index (χ4v) is 3.16. The molecule has 0 spiro atoms. The predicted octanol–water partition coefficient (Wildman–Crippen LogP) is 3.31. The van der Waals surface area contributed by atoms with Crippen molar-refractivity contribution in [1.29, 1.82) is 0 Å². The summed E-state index contributed by atoms with van der Waals surface area (Å²) in [4.78, 5) is 24.6. The molecule has 116 valence electrons. The molecule has 0 bridgehead atoms. The lowest BCUT2D eigenvalue weighted by atomic mass is 9.81. The van der Waals surface area contributed by atoms with Gasteiger partial charge >= 0.3 is 5.97 Å². The molecule has 0 aliphatic heterocycles. The second kappa shape index (κ2) is 8.98. The number of carboxylic acid groups (broad SMARTS) is 1. The van der Waals surface area contributed by atoms with Gasteiger partial charge in [-0.3, -0.25) is 9.59 Å². The maximum absolute atomic E-state index is 12.4. The molecule has 0 heterocycles. The Morgan fingerprint density at radius 3 is 2.45 bits per heavy atom. The van der Waals surface area contributed by atoms with Crippen molar-refractivity contribution < 1.29 is 14.7 Å². The number of carboxylic acids is 1. The average molecular weight is 283 g/mol. The van der Waals surface area contributed by atoms with Crippen LogP contribution < -0.4 is 0 Å². The van der Waals surface area contributed by atoms with Crippen molar-refractivity contribution in [3.8, 4) is 0 Å². The zero-order valence-electron chi connectivity index (χ0n) is 12.9. The van der Waals surface area contributed by atoms with Gasteiger partial charge in [0.25, 0.3) is 0 Å². The van der Waals surface area contributed by atoms with Crippen LogP contribution in [0, 0.1) is 11.8 Å². The lowest BCUT2D eigenvalue weighted by Crippen LogP contribution is -2.34. The third-order valence-corrected chi connectivity index (χ3v) is 4.45. The summed E-state index contributed by atoms with van der Waals surface area (Å²) in [6.45, 7) is 2.63. The molecule has 20 heavy (non-hydrogen) atoms. The Labute approximate surface area is 122 Å². The molecule has 1 amide bonds. The molecule has 1 saturated carbocycles. The van der Waals surface area contributed by atoms with E-state index in [0.717, 1.165) is 12.8 Å². The molecule has 0 radical (unpaired) electrons. The van der Waals surface area contributed by atoms with Crippen LogP contribution >= 0.6 is 0 Å². The van der Waals surface area contributed by atoms with Gasteiger partial charge in [-0.2, -0.15) is 0 Å². The van der Waals surface area contributed by atoms with E-state index in [9.17, 15) is 9.59 Å². The molecule has 4 heteroatoms. The highest BCUT2D eigenvalue weighted by Crippen LogP contribution is 2.30. The van der Waals surface area contributed by atoms with Gasteiger partial charge in [-0.1, -0.05) is 39.0 Å². The minimum Gasteiger partial charge on any atom is -0.481 e. The van der Waals surface area contributed by atoms with Crippen LogP contribution in [0.1, 0.15) is 64.7 Å². The highest BCUT2D eigenvalue weighted by molar-refractivity contribution is 5.78. The highest BCUT2D eigenvalue weighted by Gasteiger charge is 2.25. The number of carbonyl (C=O) groups excluding carboxylic acids is 1. The van der Waals surface area contributed by atoms with Crippen LogP contribution in [0.3, 0.4) is 0 Å². The summed E-state index contributed by atoms with van der Waals surface area (Å²) in [5, 5.41) is 8.63. The zero-order valence-corrected chi connectivity index (χ0v) is 12.9.